The molecule has 1 aliphatic rings. The summed E-state index contributed by atoms with van der Waals surface area (Å²) < 4.78 is 25.4. The number of nitrogens with one attached hydrogen (secondary N) is 1. The highest BCUT2D eigenvalue weighted by Crippen LogP contribution is 2.32. The fourth-order valence-corrected chi connectivity index (χ4v) is 4.39. The van der Waals surface area contributed by atoms with Crippen molar-refractivity contribution in [2.45, 2.75) is 25.9 Å². The highest BCUT2D eigenvalue weighted by Gasteiger charge is 2.50. The van der Waals surface area contributed by atoms with Gasteiger partial charge in [-0.25, -0.2) is 8.42 Å². The fourth-order valence-electron chi connectivity index (χ4n) is 3.56. The Kier molecular flexibility index (Phi) is 5.77. The number of piperazine rings is 1. The predicted octanol–water partition coefficient (Wildman–Crippen LogP) is 1.68. The van der Waals surface area contributed by atoms with E-state index < -0.39 is 27.4 Å². The highest BCUT2D eigenvalue weighted by atomic mass is 32.2. The molecular formula is C21H25N3O4S. The summed E-state index contributed by atoms with van der Waals surface area (Å²) in [7, 11) is -3.64. The molecule has 1 heterocycles. The van der Waals surface area contributed by atoms with E-state index in [1.54, 1.807) is 19.1 Å². The van der Waals surface area contributed by atoms with Crippen LogP contribution < -0.4 is 10.2 Å². The first kappa shape index (κ1) is 21.0. The minimum atomic E-state index is -3.64. The molecule has 1 fully saturated rings. The number of nitrogens with zero attached hydrogens (tertiary/aromatic N) is 2. The highest BCUT2D eigenvalue weighted by molar-refractivity contribution is 7.88. The molecule has 0 aliphatic carbocycles. The summed E-state index contributed by atoms with van der Waals surface area (Å²) in [6.07, 6.45) is 1.05. The van der Waals surface area contributed by atoms with Crippen LogP contribution in [0.2, 0.25) is 0 Å². The largest absolute Gasteiger partial charge is 0.350 e. The van der Waals surface area contributed by atoms with Gasteiger partial charge in [0.2, 0.25) is 21.8 Å². The van der Waals surface area contributed by atoms with Crippen LogP contribution in [0.25, 0.3) is 0 Å². The number of anilines is 1. The first-order valence-electron chi connectivity index (χ1n) is 9.29. The van der Waals surface area contributed by atoms with E-state index in [0.717, 1.165) is 21.7 Å². The molecule has 1 atom stereocenters. The average Bonchev–Trinajstić information content (AvgIpc) is 2.67. The maximum absolute atomic E-state index is 13.3. The van der Waals surface area contributed by atoms with Gasteiger partial charge >= 0.3 is 0 Å². The van der Waals surface area contributed by atoms with E-state index in [2.05, 4.69) is 5.32 Å². The van der Waals surface area contributed by atoms with E-state index in [1.165, 1.54) is 4.90 Å². The lowest BCUT2D eigenvalue weighted by Crippen LogP contribution is -2.70. The van der Waals surface area contributed by atoms with Crippen molar-refractivity contribution in [3.8, 4) is 0 Å². The Balaban J connectivity index is 1.98. The number of aryl methyl sites for hydroxylation is 1. The molecule has 7 nitrogen and oxygen atoms in total. The second-order valence-corrected chi connectivity index (χ2v) is 9.47. The van der Waals surface area contributed by atoms with E-state index >= 15 is 0 Å². The number of benzene rings is 2. The minimum Gasteiger partial charge on any atom is -0.350 e. The van der Waals surface area contributed by atoms with Gasteiger partial charge in [0.25, 0.3) is 0 Å². The molecule has 1 N–H and O–H groups in total. The van der Waals surface area contributed by atoms with Crippen molar-refractivity contribution in [3.63, 3.8) is 0 Å². The summed E-state index contributed by atoms with van der Waals surface area (Å²) in [6, 6.07) is 16.7. The molecule has 2 aromatic carbocycles. The van der Waals surface area contributed by atoms with Crippen molar-refractivity contribution in [3.05, 3.63) is 65.7 Å². The lowest BCUT2D eigenvalue weighted by atomic mass is 9.93. The first-order chi connectivity index (χ1) is 13.6. The molecule has 8 heteroatoms. The Morgan fingerprint density at radius 3 is 2.34 bits per heavy atom. The molecule has 0 spiro atoms. The molecular weight excluding hydrogens is 390 g/mol. The van der Waals surface area contributed by atoms with Gasteiger partial charge in [-0.2, -0.15) is 4.31 Å². The number of sulfonamides is 1. The molecule has 3 rings (SSSR count). The molecule has 0 radical (unpaired) electrons. The molecule has 1 aliphatic heterocycles. The zero-order valence-corrected chi connectivity index (χ0v) is 17.6. The molecule has 0 aromatic heterocycles. The van der Waals surface area contributed by atoms with E-state index in [4.69, 9.17) is 0 Å². The molecule has 2 amide bonds. The van der Waals surface area contributed by atoms with E-state index in [9.17, 15) is 18.0 Å². The first-order valence-corrected chi connectivity index (χ1v) is 11.1. The molecule has 1 saturated heterocycles. The second-order valence-electron chi connectivity index (χ2n) is 7.49. The lowest BCUT2D eigenvalue weighted by molar-refractivity contribution is -0.133. The number of amides is 2. The maximum Gasteiger partial charge on any atom is 0.247 e. The van der Waals surface area contributed by atoms with Crippen LogP contribution in [-0.2, 0) is 26.2 Å². The zero-order valence-electron chi connectivity index (χ0n) is 16.8. The van der Waals surface area contributed by atoms with E-state index in [1.807, 2.05) is 49.4 Å². The van der Waals surface area contributed by atoms with Gasteiger partial charge in [0.05, 0.1) is 12.8 Å². The second kappa shape index (κ2) is 7.96. The van der Waals surface area contributed by atoms with Crippen molar-refractivity contribution in [2.24, 2.45) is 0 Å². The van der Waals surface area contributed by atoms with Crippen LogP contribution in [0.15, 0.2) is 54.6 Å². The minimum absolute atomic E-state index is 0.119. The Morgan fingerprint density at radius 2 is 1.72 bits per heavy atom. The Bertz CT molecular complexity index is 1020. The van der Waals surface area contributed by atoms with Crippen LogP contribution >= 0.6 is 0 Å². The van der Waals surface area contributed by atoms with Gasteiger partial charge in [0.15, 0.2) is 0 Å². The summed E-state index contributed by atoms with van der Waals surface area (Å²) in [5.74, 6) is -0.848. The summed E-state index contributed by atoms with van der Waals surface area (Å²) >= 11 is 0. The summed E-state index contributed by atoms with van der Waals surface area (Å²) in [4.78, 5) is 27.8. The molecule has 0 saturated carbocycles. The Labute approximate surface area is 171 Å². The maximum atomic E-state index is 13.3. The molecule has 0 unspecified atom stereocenters. The van der Waals surface area contributed by atoms with Gasteiger partial charge in [-0.15, -0.1) is 0 Å². The topological polar surface area (TPSA) is 86.8 Å². The average molecular weight is 416 g/mol. The van der Waals surface area contributed by atoms with Crippen LogP contribution in [-0.4, -0.2) is 49.4 Å². The molecule has 0 bridgehead atoms. The van der Waals surface area contributed by atoms with Gasteiger partial charge in [0, 0.05) is 18.8 Å². The predicted molar refractivity (Wildman–Crippen MR) is 112 cm³/mol. The monoisotopic (exact) mass is 415 g/mol. The number of hydrogen-bond acceptors (Lipinski definition) is 4. The normalized spacial score (nSPS) is 20.5. The van der Waals surface area contributed by atoms with Crippen molar-refractivity contribution in [2.75, 3.05) is 24.2 Å². The van der Waals surface area contributed by atoms with Crippen LogP contribution in [0.1, 0.15) is 18.1 Å². The third-order valence-corrected chi connectivity index (χ3v) is 6.35. The quantitative estimate of drug-likeness (QED) is 0.805. The molecule has 2 aromatic rings. The third kappa shape index (κ3) is 4.33. The van der Waals surface area contributed by atoms with Crippen molar-refractivity contribution in [1.82, 2.24) is 9.62 Å². The Hall–Kier alpha value is -2.71. The van der Waals surface area contributed by atoms with Gasteiger partial charge in [-0.1, -0.05) is 48.5 Å². The van der Waals surface area contributed by atoms with Crippen LogP contribution in [0.3, 0.4) is 0 Å². The number of carbonyl (C=O) groups excluding carboxylic acids is 2. The van der Waals surface area contributed by atoms with E-state index in [0.29, 0.717) is 5.69 Å². The molecule has 29 heavy (non-hydrogen) atoms. The number of rotatable bonds is 5. The third-order valence-electron chi connectivity index (χ3n) is 5.15. The van der Waals surface area contributed by atoms with Gasteiger partial charge < -0.3 is 5.32 Å². The zero-order chi connectivity index (χ0) is 21.2. The number of para-hydroxylation sites is 1. The Morgan fingerprint density at radius 1 is 1.10 bits per heavy atom. The van der Waals surface area contributed by atoms with Gasteiger partial charge in [-0.05, 0) is 31.0 Å². The standard InChI is InChI=1S/C21H25N3O4S/c1-16-9-7-8-12-18(16)24-19(25)14-23(29(3,27)28)15-21(24,2)20(26)22-13-17-10-5-4-6-11-17/h4-12H,13-15H2,1-3H3,(H,22,26)/t21-/m0/s1. The fraction of sp³-hybridized carbons (Fsp3) is 0.333. The number of hydrogen-bond donors (Lipinski definition) is 1. The van der Waals surface area contributed by atoms with Crippen molar-refractivity contribution < 1.29 is 18.0 Å². The summed E-state index contributed by atoms with van der Waals surface area (Å²) in [5, 5.41) is 2.87. The number of carbonyl (C=O) groups is 2. The van der Waals surface area contributed by atoms with Crippen molar-refractivity contribution in [1.29, 1.82) is 0 Å². The van der Waals surface area contributed by atoms with Crippen LogP contribution in [0, 0.1) is 6.92 Å². The van der Waals surface area contributed by atoms with Crippen LogP contribution in [0.5, 0.6) is 0 Å². The summed E-state index contributed by atoms with van der Waals surface area (Å²) in [5.41, 5.74) is 0.951. The summed E-state index contributed by atoms with van der Waals surface area (Å²) in [6.45, 7) is 3.33. The van der Waals surface area contributed by atoms with Gasteiger partial charge in [-0.3, -0.25) is 14.5 Å². The smallest absolute Gasteiger partial charge is 0.247 e. The lowest BCUT2D eigenvalue weighted by Gasteiger charge is -2.46. The van der Waals surface area contributed by atoms with E-state index in [-0.39, 0.29) is 19.6 Å². The van der Waals surface area contributed by atoms with Crippen molar-refractivity contribution >= 4 is 27.5 Å². The van der Waals surface area contributed by atoms with Crippen LogP contribution in [0.4, 0.5) is 5.69 Å². The molecule has 154 valence electrons. The SMILES string of the molecule is Cc1ccccc1N1C(=O)CN(S(C)(=O)=O)C[C@@]1(C)C(=O)NCc1ccccc1. The van der Waals surface area contributed by atoms with Gasteiger partial charge in [0.1, 0.15) is 5.54 Å².